The van der Waals surface area contributed by atoms with Gasteiger partial charge in [0.2, 0.25) is 5.95 Å². The normalized spacial score (nSPS) is 21.7. The number of rotatable bonds is 1. The molecule has 2 aromatic heterocycles. The Bertz CT molecular complexity index is 878. The zero-order valence-electron chi connectivity index (χ0n) is 13.7. The lowest BCUT2D eigenvalue weighted by Crippen LogP contribution is -2.44. The summed E-state index contributed by atoms with van der Waals surface area (Å²) in [6.45, 7) is 0. The molecule has 0 saturated carbocycles. The van der Waals surface area contributed by atoms with Crippen LogP contribution in [0.15, 0.2) is 18.3 Å². The van der Waals surface area contributed by atoms with Crippen molar-refractivity contribution in [2.75, 3.05) is 5.32 Å². The molecule has 1 N–H and O–H groups in total. The van der Waals surface area contributed by atoms with Crippen molar-refractivity contribution in [2.24, 2.45) is 7.05 Å². The zero-order valence-corrected chi connectivity index (χ0v) is 13.7. The first-order valence-electron chi connectivity index (χ1n) is 8.09. The van der Waals surface area contributed by atoms with Crippen molar-refractivity contribution in [1.29, 1.82) is 0 Å². The quantitative estimate of drug-likeness (QED) is 0.620. The van der Waals surface area contributed by atoms with Gasteiger partial charge in [-0.05, 0) is 30.9 Å². The van der Waals surface area contributed by atoms with Crippen molar-refractivity contribution in [3.05, 3.63) is 41.1 Å². The number of amides is 2. The van der Waals surface area contributed by atoms with Gasteiger partial charge in [0.25, 0.3) is 0 Å². The number of urea groups is 1. The molecule has 2 aromatic rings. The molecular weight excluding hydrogens is 354 g/mol. The molecule has 0 radical (unpaired) electrons. The number of aryl methyl sites for hydroxylation is 1. The first-order valence-corrected chi connectivity index (χ1v) is 8.09. The maximum Gasteiger partial charge on any atom is 0.433 e. The van der Waals surface area contributed by atoms with Crippen LogP contribution in [0.25, 0.3) is 0 Å². The molecule has 6 nitrogen and oxygen atoms in total. The van der Waals surface area contributed by atoms with Gasteiger partial charge in [-0.15, -0.1) is 0 Å². The van der Waals surface area contributed by atoms with E-state index in [0.29, 0.717) is 35.1 Å². The van der Waals surface area contributed by atoms with Crippen LogP contribution in [0.1, 0.15) is 35.7 Å². The Labute approximate surface area is 145 Å². The topological polar surface area (TPSA) is 63.1 Å². The highest BCUT2D eigenvalue weighted by Gasteiger charge is 2.44. The number of nitrogens with zero attached hydrogens (tertiary/aromatic N) is 4. The number of fused-ring (bicyclic) bond motifs is 4. The number of hydrogen-bond acceptors (Lipinski definition) is 3. The van der Waals surface area contributed by atoms with Crippen molar-refractivity contribution < 1.29 is 22.4 Å². The van der Waals surface area contributed by atoms with E-state index in [1.165, 1.54) is 6.20 Å². The van der Waals surface area contributed by atoms with Crippen LogP contribution in [-0.2, 0) is 19.6 Å². The molecule has 2 atom stereocenters. The minimum Gasteiger partial charge on any atom is -0.314 e. The van der Waals surface area contributed by atoms with Crippen molar-refractivity contribution in [3.8, 4) is 0 Å². The zero-order chi connectivity index (χ0) is 18.6. The Morgan fingerprint density at radius 3 is 2.81 bits per heavy atom. The average Bonchev–Trinajstić information content (AvgIpc) is 3.07. The maximum atomic E-state index is 13.9. The smallest absolute Gasteiger partial charge is 0.314 e. The first-order chi connectivity index (χ1) is 12.3. The van der Waals surface area contributed by atoms with Crippen molar-refractivity contribution in [3.63, 3.8) is 0 Å². The number of carbonyl (C=O) groups is 1. The second kappa shape index (κ2) is 5.68. The number of carbonyl (C=O) groups excluding carboxylic acids is 1. The molecule has 26 heavy (non-hydrogen) atoms. The van der Waals surface area contributed by atoms with E-state index in [4.69, 9.17) is 0 Å². The third kappa shape index (κ3) is 2.60. The van der Waals surface area contributed by atoms with Gasteiger partial charge in [0.1, 0.15) is 5.69 Å². The molecule has 10 heteroatoms. The van der Waals surface area contributed by atoms with Gasteiger partial charge in [-0.2, -0.15) is 22.7 Å². The average molecular weight is 369 g/mol. The molecule has 2 aliphatic rings. The summed E-state index contributed by atoms with van der Waals surface area (Å²) in [6, 6.07) is 1.42. The fourth-order valence-electron chi connectivity index (χ4n) is 3.89. The SMILES string of the molecule is Cn1nc(NC(=O)N2C3CCC2c2ccnc(F)c2C3)cc1C(F)(F)F. The Morgan fingerprint density at radius 1 is 1.35 bits per heavy atom. The van der Waals surface area contributed by atoms with Gasteiger partial charge >= 0.3 is 12.2 Å². The van der Waals surface area contributed by atoms with E-state index >= 15 is 0 Å². The fraction of sp³-hybridized carbons (Fsp3) is 0.438. The van der Waals surface area contributed by atoms with E-state index in [-0.39, 0.29) is 17.9 Å². The number of hydrogen-bond donors (Lipinski definition) is 1. The summed E-state index contributed by atoms with van der Waals surface area (Å²) in [5.41, 5.74) is 0.271. The predicted octanol–water partition coefficient (Wildman–Crippen LogP) is 3.27. The van der Waals surface area contributed by atoms with Crippen LogP contribution in [0, 0.1) is 5.95 Å². The third-order valence-electron chi connectivity index (χ3n) is 4.98. The van der Waals surface area contributed by atoms with E-state index in [0.717, 1.165) is 13.1 Å². The lowest BCUT2D eigenvalue weighted by molar-refractivity contribution is -0.143. The second-order valence-corrected chi connectivity index (χ2v) is 6.49. The maximum absolute atomic E-state index is 13.9. The van der Waals surface area contributed by atoms with Gasteiger partial charge < -0.3 is 4.90 Å². The first kappa shape index (κ1) is 16.8. The third-order valence-corrected chi connectivity index (χ3v) is 4.98. The van der Waals surface area contributed by atoms with E-state index in [2.05, 4.69) is 15.4 Å². The summed E-state index contributed by atoms with van der Waals surface area (Å²) < 4.78 is 53.2. The summed E-state index contributed by atoms with van der Waals surface area (Å²) in [5, 5.41) is 6.15. The number of anilines is 1. The van der Waals surface area contributed by atoms with Crippen molar-refractivity contribution in [2.45, 2.75) is 37.5 Å². The second-order valence-electron chi connectivity index (χ2n) is 6.49. The molecule has 4 heterocycles. The van der Waals surface area contributed by atoms with Gasteiger partial charge in [0.15, 0.2) is 5.82 Å². The summed E-state index contributed by atoms with van der Waals surface area (Å²) in [7, 11) is 1.16. The minimum atomic E-state index is -4.56. The van der Waals surface area contributed by atoms with Crippen LogP contribution in [0.3, 0.4) is 0 Å². The van der Waals surface area contributed by atoms with Gasteiger partial charge in [-0.3, -0.25) is 10.00 Å². The molecule has 4 rings (SSSR count). The molecule has 2 aliphatic heterocycles. The van der Waals surface area contributed by atoms with E-state index in [1.54, 1.807) is 11.0 Å². The van der Waals surface area contributed by atoms with E-state index in [1.807, 2.05) is 0 Å². The number of alkyl halides is 3. The van der Waals surface area contributed by atoms with Gasteiger partial charge in [-0.25, -0.2) is 9.78 Å². The molecule has 2 amide bonds. The van der Waals surface area contributed by atoms with Crippen LogP contribution < -0.4 is 5.32 Å². The lowest BCUT2D eigenvalue weighted by Gasteiger charge is -2.35. The predicted molar refractivity (Wildman–Crippen MR) is 82.7 cm³/mol. The fourth-order valence-corrected chi connectivity index (χ4v) is 3.89. The highest BCUT2D eigenvalue weighted by Crippen LogP contribution is 2.44. The van der Waals surface area contributed by atoms with Crippen LogP contribution >= 0.6 is 0 Å². The lowest BCUT2D eigenvalue weighted by atomic mass is 9.95. The molecule has 1 fully saturated rings. The highest BCUT2D eigenvalue weighted by atomic mass is 19.4. The van der Waals surface area contributed by atoms with E-state index in [9.17, 15) is 22.4 Å². The summed E-state index contributed by atoms with van der Waals surface area (Å²) in [5.74, 6) is -0.699. The summed E-state index contributed by atoms with van der Waals surface area (Å²) in [6.07, 6.45) is -1.49. The Kier molecular flexibility index (Phi) is 3.67. The number of nitrogens with one attached hydrogen (secondary N) is 1. The van der Waals surface area contributed by atoms with Crippen LogP contribution in [0.2, 0.25) is 0 Å². The van der Waals surface area contributed by atoms with E-state index < -0.39 is 23.8 Å². The molecule has 0 aliphatic carbocycles. The molecule has 2 unspecified atom stereocenters. The van der Waals surface area contributed by atoms with Gasteiger partial charge in [0.05, 0.1) is 6.04 Å². The Balaban J connectivity index is 1.59. The molecule has 2 bridgehead atoms. The van der Waals surface area contributed by atoms with Crippen molar-refractivity contribution in [1.82, 2.24) is 19.7 Å². The summed E-state index contributed by atoms with van der Waals surface area (Å²) in [4.78, 5) is 17.9. The van der Waals surface area contributed by atoms with Crippen LogP contribution in [-0.4, -0.2) is 31.7 Å². The number of halogens is 4. The van der Waals surface area contributed by atoms with Gasteiger partial charge in [-0.1, -0.05) is 0 Å². The molecule has 1 saturated heterocycles. The highest BCUT2D eigenvalue weighted by molar-refractivity contribution is 5.89. The minimum absolute atomic E-state index is 0.170. The van der Waals surface area contributed by atoms with Gasteiger partial charge in [0, 0.05) is 30.9 Å². The number of aromatic nitrogens is 3. The van der Waals surface area contributed by atoms with Crippen molar-refractivity contribution >= 4 is 11.8 Å². The molecule has 138 valence electrons. The monoisotopic (exact) mass is 369 g/mol. The largest absolute Gasteiger partial charge is 0.433 e. The Hall–Kier alpha value is -2.65. The molecule has 0 aromatic carbocycles. The van der Waals surface area contributed by atoms with Crippen LogP contribution in [0.4, 0.5) is 28.2 Å². The summed E-state index contributed by atoms with van der Waals surface area (Å²) >= 11 is 0. The Morgan fingerprint density at radius 2 is 2.12 bits per heavy atom. The number of pyridine rings is 1. The standard InChI is InChI=1S/C16H15F4N5O/c1-24-12(16(18,19)20)7-13(23-24)22-15(26)25-8-2-3-11(25)9-4-5-21-14(17)10(9)6-8/h4-5,7-8,11H,2-3,6H2,1H3,(H,22,23,26). The molecule has 0 spiro atoms. The molecular formula is C16H15F4N5O. The van der Waals surface area contributed by atoms with Crippen LogP contribution in [0.5, 0.6) is 0 Å².